The van der Waals surface area contributed by atoms with Gasteiger partial charge in [0, 0.05) is 0 Å². The minimum atomic E-state index is -0.960. The number of fused-ring (bicyclic) bond motifs is 2. The first-order valence-corrected chi connectivity index (χ1v) is 5.58. The van der Waals surface area contributed by atoms with Crippen molar-refractivity contribution in [3.05, 3.63) is 11.1 Å². The van der Waals surface area contributed by atoms with Crippen molar-refractivity contribution in [3.63, 3.8) is 0 Å². The lowest BCUT2D eigenvalue weighted by molar-refractivity contribution is -0.156. The average molecular weight is 224 g/mol. The molecule has 2 aliphatic rings. The van der Waals surface area contributed by atoms with Gasteiger partial charge in [-0.2, -0.15) is 0 Å². The highest BCUT2D eigenvalue weighted by Gasteiger charge is 2.57. The van der Waals surface area contributed by atoms with Crippen molar-refractivity contribution in [3.8, 4) is 0 Å². The highest BCUT2D eigenvalue weighted by atomic mass is 16.4. The summed E-state index contributed by atoms with van der Waals surface area (Å²) < 4.78 is 0. The smallest absolute Gasteiger partial charge is 0.308 e. The van der Waals surface area contributed by atoms with Gasteiger partial charge in [0.05, 0.1) is 11.8 Å². The van der Waals surface area contributed by atoms with E-state index in [2.05, 4.69) is 0 Å². The molecule has 2 rings (SSSR count). The Kier molecular flexibility index (Phi) is 2.52. The zero-order chi connectivity index (χ0) is 12.0. The molecule has 0 heterocycles. The van der Waals surface area contributed by atoms with Crippen molar-refractivity contribution in [1.29, 1.82) is 0 Å². The quantitative estimate of drug-likeness (QED) is 0.701. The lowest BCUT2D eigenvalue weighted by atomic mass is 9.79. The third-order valence-corrected chi connectivity index (χ3v) is 3.99. The zero-order valence-corrected chi connectivity index (χ0v) is 9.43. The van der Waals surface area contributed by atoms with E-state index in [4.69, 9.17) is 10.2 Å². The largest absolute Gasteiger partial charge is 0.481 e. The molecule has 4 heteroatoms. The Morgan fingerprint density at radius 1 is 1.00 bits per heavy atom. The average Bonchev–Trinajstić information content (AvgIpc) is 2.70. The Bertz CT molecular complexity index is 348. The van der Waals surface area contributed by atoms with Crippen LogP contribution in [-0.2, 0) is 9.59 Å². The molecule has 0 aromatic rings. The molecular weight excluding hydrogens is 208 g/mol. The summed E-state index contributed by atoms with van der Waals surface area (Å²) in [4.78, 5) is 22.4. The van der Waals surface area contributed by atoms with E-state index in [1.165, 1.54) is 0 Å². The van der Waals surface area contributed by atoms with Gasteiger partial charge in [-0.05, 0) is 38.5 Å². The second-order valence-electron chi connectivity index (χ2n) is 4.97. The lowest BCUT2D eigenvalue weighted by Crippen LogP contribution is -2.34. The number of hydrogen-bond donors (Lipinski definition) is 2. The Morgan fingerprint density at radius 2 is 1.38 bits per heavy atom. The Morgan fingerprint density at radius 3 is 1.62 bits per heavy atom. The van der Waals surface area contributed by atoms with Gasteiger partial charge in [-0.15, -0.1) is 0 Å². The summed E-state index contributed by atoms with van der Waals surface area (Å²) in [5, 5.41) is 18.3. The number of allylic oxidation sites excluding steroid dienone is 2. The van der Waals surface area contributed by atoms with Gasteiger partial charge < -0.3 is 10.2 Å². The number of rotatable bonds is 2. The molecule has 0 aromatic heterocycles. The van der Waals surface area contributed by atoms with Gasteiger partial charge in [-0.1, -0.05) is 11.1 Å². The van der Waals surface area contributed by atoms with Crippen LogP contribution in [0.3, 0.4) is 0 Å². The number of hydrogen-bond acceptors (Lipinski definition) is 2. The minimum Gasteiger partial charge on any atom is -0.481 e. The molecule has 2 N–H and O–H groups in total. The SMILES string of the molecule is CC(C)=C1[C@H]2CC[C@@H]1C(C(=O)O)C2C(=O)O. The predicted molar refractivity (Wildman–Crippen MR) is 56.8 cm³/mol. The lowest BCUT2D eigenvalue weighted by Gasteiger charge is -2.23. The van der Waals surface area contributed by atoms with Crippen molar-refractivity contribution in [1.82, 2.24) is 0 Å². The van der Waals surface area contributed by atoms with Crippen molar-refractivity contribution >= 4 is 11.9 Å². The van der Waals surface area contributed by atoms with E-state index in [0.717, 1.165) is 24.0 Å². The van der Waals surface area contributed by atoms with E-state index in [1.54, 1.807) is 0 Å². The molecular formula is C12H16O4. The summed E-state index contributed by atoms with van der Waals surface area (Å²) in [6.07, 6.45) is 1.65. The molecule has 16 heavy (non-hydrogen) atoms. The third-order valence-electron chi connectivity index (χ3n) is 3.99. The normalized spacial score (nSPS) is 36.5. The molecule has 0 saturated heterocycles. The monoisotopic (exact) mass is 224 g/mol. The van der Waals surface area contributed by atoms with Crippen LogP contribution >= 0.6 is 0 Å². The van der Waals surface area contributed by atoms with Crippen LogP contribution in [0, 0.1) is 23.7 Å². The Balaban J connectivity index is 2.46. The molecule has 2 saturated carbocycles. The van der Waals surface area contributed by atoms with Crippen LogP contribution in [0.25, 0.3) is 0 Å². The van der Waals surface area contributed by atoms with Crippen LogP contribution in [0.15, 0.2) is 11.1 Å². The third kappa shape index (κ3) is 1.36. The molecule has 2 bridgehead atoms. The zero-order valence-electron chi connectivity index (χ0n) is 9.43. The fourth-order valence-corrected chi connectivity index (χ4v) is 3.58. The molecule has 2 fully saturated rings. The molecule has 0 radical (unpaired) electrons. The van der Waals surface area contributed by atoms with Gasteiger partial charge in [-0.25, -0.2) is 0 Å². The van der Waals surface area contributed by atoms with Crippen molar-refractivity contribution in [2.24, 2.45) is 23.7 Å². The summed E-state index contributed by atoms with van der Waals surface area (Å²) in [7, 11) is 0. The van der Waals surface area contributed by atoms with Crippen LogP contribution in [-0.4, -0.2) is 22.2 Å². The Hall–Kier alpha value is -1.32. The molecule has 2 unspecified atom stereocenters. The molecule has 0 amide bonds. The van der Waals surface area contributed by atoms with Gasteiger partial charge in [0.2, 0.25) is 0 Å². The Labute approximate surface area is 94.0 Å². The van der Waals surface area contributed by atoms with Gasteiger partial charge in [-0.3, -0.25) is 9.59 Å². The second-order valence-corrected chi connectivity index (χ2v) is 4.97. The maximum absolute atomic E-state index is 11.2. The number of carboxylic acids is 2. The fraction of sp³-hybridized carbons (Fsp3) is 0.667. The van der Waals surface area contributed by atoms with Crippen LogP contribution in [0.5, 0.6) is 0 Å². The van der Waals surface area contributed by atoms with Crippen LogP contribution in [0.2, 0.25) is 0 Å². The molecule has 0 spiro atoms. The van der Waals surface area contributed by atoms with Crippen LogP contribution in [0.4, 0.5) is 0 Å². The summed E-state index contributed by atoms with van der Waals surface area (Å²) in [5.41, 5.74) is 2.20. The fourth-order valence-electron chi connectivity index (χ4n) is 3.58. The highest BCUT2D eigenvalue weighted by Crippen LogP contribution is 2.56. The molecule has 0 aliphatic heterocycles. The maximum atomic E-state index is 11.2. The standard InChI is InChI=1S/C12H16O4/c1-5(2)8-6-3-4-7(8)10(12(15)16)9(6)11(13)14/h6-7,9-10H,3-4H2,1-2H3,(H,13,14)(H,15,16)/t6-,7+,9?,10?. The van der Waals surface area contributed by atoms with Gasteiger partial charge >= 0.3 is 11.9 Å². The van der Waals surface area contributed by atoms with Crippen LogP contribution in [0.1, 0.15) is 26.7 Å². The molecule has 88 valence electrons. The van der Waals surface area contributed by atoms with Gasteiger partial charge in [0.1, 0.15) is 0 Å². The molecule has 4 nitrogen and oxygen atoms in total. The van der Waals surface area contributed by atoms with E-state index in [0.29, 0.717) is 0 Å². The first-order chi connectivity index (χ1) is 7.45. The first kappa shape index (κ1) is 11.2. The molecule has 0 aromatic carbocycles. The maximum Gasteiger partial charge on any atom is 0.308 e. The summed E-state index contributed by atoms with van der Waals surface area (Å²) in [5.74, 6) is -3.46. The number of carbonyl (C=O) groups is 2. The predicted octanol–water partition coefficient (Wildman–Crippen LogP) is 1.76. The van der Waals surface area contributed by atoms with E-state index in [9.17, 15) is 9.59 Å². The summed E-state index contributed by atoms with van der Waals surface area (Å²) in [6, 6.07) is 0. The van der Waals surface area contributed by atoms with Crippen LogP contribution < -0.4 is 0 Å². The molecule has 2 aliphatic carbocycles. The van der Waals surface area contributed by atoms with Crippen molar-refractivity contribution < 1.29 is 19.8 Å². The van der Waals surface area contributed by atoms with E-state index in [-0.39, 0.29) is 11.8 Å². The number of aliphatic carboxylic acids is 2. The number of carboxylic acid groups (broad SMARTS) is 2. The molecule has 4 atom stereocenters. The van der Waals surface area contributed by atoms with E-state index >= 15 is 0 Å². The van der Waals surface area contributed by atoms with Gasteiger partial charge in [0.15, 0.2) is 0 Å². The first-order valence-electron chi connectivity index (χ1n) is 5.58. The minimum absolute atomic E-state index is 0.0476. The second kappa shape index (κ2) is 3.61. The van der Waals surface area contributed by atoms with Gasteiger partial charge in [0.25, 0.3) is 0 Å². The van der Waals surface area contributed by atoms with Crippen molar-refractivity contribution in [2.45, 2.75) is 26.7 Å². The van der Waals surface area contributed by atoms with E-state index < -0.39 is 23.8 Å². The highest BCUT2D eigenvalue weighted by molar-refractivity contribution is 5.83. The van der Waals surface area contributed by atoms with E-state index in [1.807, 2.05) is 13.8 Å². The topological polar surface area (TPSA) is 74.6 Å². The summed E-state index contributed by atoms with van der Waals surface area (Å²) >= 11 is 0. The van der Waals surface area contributed by atoms with Crippen molar-refractivity contribution in [2.75, 3.05) is 0 Å². The summed E-state index contributed by atoms with van der Waals surface area (Å²) in [6.45, 7) is 3.90.